The minimum absolute atomic E-state index is 0.225. The number of carbonyl (C=O) groups excluding carboxylic acids is 1. The second-order valence-corrected chi connectivity index (χ2v) is 5.55. The van der Waals surface area contributed by atoms with Gasteiger partial charge in [-0.05, 0) is 31.7 Å². The number of para-hydroxylation sites is 1. The molecule has 1 heterocycles. The van der Waals surface area contributed by atoms with Crippen molar-refractivity contribution in [1.82, 2.24) is 4.98 Å². The third kappa shape index (κ3) is 1.67. The number of ketones is 1. The van der Waals surface area contributed by atoms with Crippen LogP contribution in [0.3, 0.4) is 0 Å². The lowest BCUT2D eigenvalue weighted by atomic mass is 9.88. The summed E-state index contributed by atoms with van der Waals surface area (Å²) >= 11 is 0. The van der Waals surface area contributed by atoms with Crippen molar-refractivity contribution < 1.29 is 4.79 Å². The van der Waals surface area contributed by atoms with Crippen LogP contribution >= 0.6 is 0 Å². The molecule has 3 rings (SSSR count). The van der Waals surface area contributed by atoms with E-state index in [-0.39, 0.29) is 5.92 Å². The lowest BCUT2D eigenvalue weighted by Crippen LogP contribution is -2.17. The molecule has 1 aromatic heterocycles. The fourth-order valence-electron chi connectivity index (χ4n) is 3.31. The topological polar surface area (TPSA) is 32.9 Å². The molecule has 0 spiro atoms. The fourth-order valence-corrected chi connectivity index (χ4v) is 3.31. The molecule has 1 aromatic carbocycles. The fraction of sp³-hybridized carbons (Fsp3) is 0.438. The van der Waals surface area contributed by atoms with E-state index in [0.29, 0.717) is 11.7 Å². The van der Waals surface area contributed by atoms with Crippen molar-refractivity contribution in [3.8, 4) is 0 Å². The molecule has 1 aliphatic rings. The first kappa shape index (κ1) is 11.5. The molecule has 18 heavy (non-hydrogen) atoms. The highest BCUT2D eigenvalue weighted by atomic mass is 16.1. The van der Waals surface area contributed by atoms with Crippen LogP contribution in [0.25, 0.3) is 10.9 Å². The number of carbonyl (C=O) groups is 1. The number of H-pyrrole nitrogens is 1. The van der Waals surface area contributed by atoms with Gasteiger partial charge >= 0.3 is 0 Å². The smallest absolute Gasteiger partial charge is 0.168 e. The summed E-state index contributed by atoms with van der Waals surface area (Å²) in [7, 11) is 0. The SMILES string of the molecule is Cc1[nH]c2ccccc2c1C(=O)C1CCCC1C. The van der Waals surface area contributed by atoms with Gasteiger partial charge in [-0.25, -0.2) is 0 Å². The average molecular weight is 241 g/mol. The van der Waals surface area contributed by atoms with Gasteiger partial charge in [-0.2, -0.15) is 0 Å². The monoisotopic (exact) mass is 241 g/mol. The van der Waals surface area contributed by atoms with E-state index in [1.54, 1.807) is 0 Å². The number of benzene rings is 1. The number of hydrogen-bond acceptors (Lipinski definition) is 1. The minimum atomic E-state index is 0.225. The van der Waals surface area contributed by atoms with Crippen LogP contribution in [-0.4, -0.2) is 10.8 Å². The van der Waals surface area contributed by atoms with Gasteiger partial charge in [0.05, 0.1) is 0 Å². The van der Waals surface area contributed by atoms with E-state index in [0.717, 1.165) is 28.6 Å². The van der Waals surface area contributed by atoms with E-state index in [1.165, 1.54) is 12.8 Å². The molecule has 0 bridgehead atoms. The van der Waals surface area contributed by atoms with E-state index in [4.69, 9.17) is 0 Å². The normalized spacial score (nSPS) is 23.7. The maximum atomic E-state index is 12.7. The van der Waals surface area contributed by atoms with Gasteiger partial charge in [-0.15, -0.1) is 0 Å². The van der Waals surface area contributed by atoms with Crippen LogP contribution in [0.1, 0.15) is 42.2 Å². The van der Waals surface area contributed by atoms with Crippen molar-refractivity contribution in [3.63, 3.8) is 0 Å². The molecule has 2 heteroatoms. The molecule has 1 N–H and O–H groups in total. The second-order valence-electron chi connectivity index (χ2n) is 5.55. The van der Waals surface area contributed by atoms with Crippen molar-refractivity contribution in [2.75, 3.05) is 0 Å². The summed E-state index contributed by atoms with van der Waals surface area (Å²) in [5, 5.41) is 1.08. The second kappa shape index (κ2) is 4.27. The molecule has 2 atom stereocenters. The van der Waals surface area contributed by atoms with E-state index < -0.39 is 0 Å². The summed E-state index contributed by atoms with van der Waals surface area (Å²) in [6, 6.07) is 8.10. The summed E-state index contributed by atoms with van der Waals surface area (Å²) in [6.45, 7) is 4.21. The van der Waals surface area contributed by atoms with Crippen molar-refractivity contribution >= 4 is 16.7 Å². The highest BCUT2D eigenvalue weighted by Gasteiger charge is 2.32. The number of Topliss-reactive ketones (excluding diaryl/α,β-unsaturated/α-hetero) is 1. The van der Waals surface area contributed by atoms with Gasteiger partial charge < -0.3 is 4.98 Å². The molecule has 2 unspecified atom stereocenters. The zero-order valence-corrected chi connectivity index (χ0v) is 11.0. The predicted molar refractivity (Wildman–Crippen MR) is 73.9 cm³/mol. The van der Waals surface area contributed by atoms with Crippen LogP contribution in [0.5, 0.6) is 0 Å². The van der Waals surface area contributed by atoms with Gasteiger partial charge in [0.2, 0.25) is 0 Å². The summed E-state index contributed by atoms with van der Waals surface area (Å²) in [6.07, 6.45) is 3.44. The van der Waals surface area contributed by atoms with Crippen molar-refractivity contribution in [2.24, 2.45) is 11.8 Å². The number of aromatic amines is 1. The average Bonchev–Trinajstić information content (AvgIpc) is 2.91. The number of aryl methyl sites for hydroxylation is 1. The van der Waals surface area contributed by atoms with Gasteiger partial charge in [-0.1, -0.05) is 31.5 Å². The third-order valence-corrected chi connectivity index (χ3v) is 4.34. The Balaban J connectivity index is 2.08. The molecule has 2 nitrogen and oxygen atoms in total. The van der Waals surface area contributed by atoms with Gasteiger partial charge in [0, 0.05) is 28.1 Å². The number of nitrogens with one attached hydrogen (secondary N) is 1. The molecule has 1 fully saturated rings. The van der Waals surface area contributed by atoms with E-state index in [2.05, 4.69) is 11.9 Å². The van der Waals surface area contributed by atoms with Crippen LogP contribution in [0.15, 0.2) is 24.3 Å². The molecule has 2 aromatic rings. The minimum Gasteiger partial charge on any atom is -0.358 e. The molecule has 0 saturated heterocycles. The lowest BCUT2D eigenvalue weighted by Gasteiger charge is -2.14. The number of rotatable bonds is 2. The molecular formula is C16H19NO. The number of aromatic nitrogens is 1. The largest absolute Gasteiger partial charge is 0.358 e. The molecule has 1 saturated carbocycles. The number of fused-ring (bicyclic) bond motifs is 1. The van der Waals surface area contributed by atoms with Crippen LogP contribution in [0, 0.1) is 18.8 Å². The molecule has 94 valence electrons. The number of hydrogen-bond donors (Lipinski definition) is 1. The standard InChI is InChI=1S/C16H19NO/c1-10-6-5-8-12(10)16(18)15-11(2)17-14-9-4-3-7-13(14)15/h3-4,7,9-10,12,17H,5-6,8H2,1-2H3. The van der Waals surface area contributed by atoms with Crippen LogP contribution in [-0.2, 0) is 0 Å². The third-order valence-electron chi connectivity index (χ3n) is 4.34. The maximum absolute atomic E-state index is 12.7. The molecule has 1 aliphatic carbocycles. The lowest BCUT2D eigenvalue weighted by molar-refractivity contribution is 0.0898. The Kier molecular flexibility index (Phi) is 2.73. The van der Waals surface area contributed by atoms with Crippen molar-refractivity contribution in [1.29, 1.82) is 0 Å². The Morgan fingerprint density at radius 1 is 1.28 bits per heavy atom. The highest BCUT2D eigenvalue weighted by molar-refractivity contribution is 6.10. The Labute approximate surface area is 107 Å². The summed E-state index contributed by atoms with van der Waals surface area (Å²) in [5.41, 5.74) is 3.01. The van der Waals surface area contributed by atoms with Crippen molar-refractivity contribution in [3.05, 3.63) is 35.5 Å². The van der Waals surface area contributed by atoms with Crippen molar-refractivity contribution in [2.45, 2.75) is 33.1 Å². The van der Waals surface area contributed by atoms with Crippen LogP contribution in [0.4, 0.5) is 0 Å². The molecule has 0 aliphatic heterocycles. The Hall–Kier alpha value is -1.57. The van der Waals surface area contributed by atoms with Crippen LogP contribution < -0.4 is 0 Å². The van der Waals surface area contributed by atoms with Gasteiger partial charge in [-0.3, -0.25) is 4.79 Å². The molecule has 0 radical (unpaired) electrons. The van der Waals surface area contributed by atoms with Gasteiger partial charge in [0.1, 0.15) is 0 Å². The first-order valence-corrected chi connectivity index (χ1v) is 6.80. The Morgan fingerprint density at radius 3 is 2.78 bits per heavy atom. The van der Waals surface area contributed by atoms with Crippen LogP contribution in [0.2, 0.25) is 0 Å². The van der Waals surface area contributed by atoms with Gasteiger partial charge in [0.15, 0.2) is 5.78 Å². The first-order chi connectivity index (χ1) is 8.68. The highest BCUT2D eigenvalue weighted by Crippen LogP contribution is 2.36. The summed E-state index contributed by atoms with van der Waals surface area (Å²) in [4.78, 5) is 16.1. The summed E-state index contributed by atoms with van der Waals surface area (Å²) in [5.74, 6) is 1.10. The predicted octanol–water partition coefficient (Wildman–Crippen LogP) is 4.10. The van der Waals surface area contributed by atoms with E-state index >= 15 is 0 Å². The first-order valence-electron chi connectivity index (χ1n) is 6.80. The Morgan fingerprint density at radius 2 is 2.06 bits per heavy atom. The van der Waals surface area contributed by atoms with Gasteiger partial charge in [0.25, 0.3) is 0 Å². The van der Waals surface area contributed by atoms with E-state index in [9.17, 15) is 4.79 Å². The molecule has 0 amide bonds. The molecular weight excluding hydrogens is 222 g/mol. The Bertz CT molecular complexity index is 596. The maximum Gasteiger partial charge on any atom is 0.168 e. The quantitative estimate of drug-likeness (QED) is 0.789. The zero-order valence-electron chi connectivity index (χ0n) is 11.0. The zero-order chi connectivity index (χ0) is 12.7. The summed E-state index contributed by atoms with van der Waals surface area (Å²) < 4.78 is 0. The van der Waals surface area contributed by atoms with E-state index in [1.807, 2.05) is 31.2 Å².